The zero-order chi connectivity index (χ0) is 53.0. The molecule has 4 heterocycles. The van der Waals surface area contributed by atoms with Gasteiger partial charge in [0.05, 0.1) is 44.5 Å². The van der Waals surface area contributed by atoms with E-state index in [4.69, 9.17) is 0 Å². The second-order valence-electron chi connectivity index (χ2n) is 22.6. The van der Waals surface area contributed by atoms with Crippen molar-refractivity contribution in [3.63, 3.8) is 0 Å². The van der Waals surface area contributed by atoms with Crippen LogP contribution in [0.25, 0.3) is 126 Å². The molecule has 0 unspecified atom stereocenters. The number of hydrogen-bond donors (Lipinski definition) is 0. The molecule has 0 N–H and O–H groups in total. The summed E-state index contributed by atoms with van der Waals surface area (Å²) in [6.45, 7) is 7.03. The van der Waals surface area contributed by atoms with Crippen LogP contribution in [0.5, 0.6) is 0 Å². The summed E-state index contributed by atoms with van der Waals surface area (Å²) in [5, 5.41) is 15.1. The zero-order valence-electron chi connectivity index (χ0n) is 44.6. The van der Waals surface area contributed by atoms with Crippen LogP contribution in [0, 0.1) is 6.92 Å². The summed E-state index contributed by atoms with van der Waals surface area (Å²) < 4.78 is 7.35. The quantitative estimate of drug-likeness (QED) is 0.157. The molecule has 0 aliphatic carbocycles. The predicted octanol–water partition coefficient (Wildman–Crippen LogP) is 20.5. The molecule has 17 rings (SSSR count). The first-order valence-corrected chi connectivity index (χ1v) is 27.9. The summed E-state index contributed by atoms with van der Waals surface area (Å²) in [6, 6.07) is 97.6. The van der Waals surface area contributed by atoms with E-state index in [2.05, 4.69) is 300 Å². The number of benzene rings is 13. The zero-order valence-corrected chi connectivity index (χ0v) is 44.6. The summed E-state index contributed by atoms with van der Waals surface area (Å²) in [6.07, 6.45) is 0. The van der Waals surface area contributed by atoms with Crippen molar-refractivity contribution in [1.82, 2.24) is 13.7 Å². The minimum Gasteiger partial charge on any atom is -0.310 e. The Labute approximate surface area is 462 Å². The highest BCUT2D eigenvalue weighted by Gasteiger charge is 2.38. The normalized spacial score (nSPS) is 13.3. The van der Waals surface area contributed by atoms with Crippen molar-refractivity contribution < 1.29 is 0 Å². The number of para-hydroxylation sites is 5. The first-order chi connectivity index (χ1) is 39.4. The van der Waals surface area contributed by atoms with Gasteiger partial charge in [0.1, 0.15) is 0 Å². The maximum absolute atomic E-state index is 2.55. The lowest BCUT2D eigenvalue weighted by atomic mass is 9.73. The fraction of sp³-hybridized carbons (Fsp3) is 0.0526. The monoisotopic (exact) mass is 1020 g/mol. The molecular formula is C76H52N4. The van der Waals surface area contributed by atoms with Crippen LogP contribution >= 0.6 is 0 Å². The van der Waals surface area contributed by atoms with Crippen molar-refractivity contribution in [3.05, 3.63) is 278 Å². The van der Waals surface area contributed by atoms with Gasteiger partial charge in [-0.15, -0.1) is 0 Å². The topological polar surface area (TPSA) is 18.0 Å². The van der Waals surface area contributed by atoms with E-state index in [0.29, 0.717) is 0 Å². The van der Waals surface area contributed by atoms with E-state index in [1.54, 1.807) is 0 Å². The van der Waals surface area contributed by atoms with E-state index in [0.717, 1.165) is 22.7 Å². The summed E-state index contributed by atoms with van der Waals surface area (Å²) in [4.78, 5) is 2.55. The highest BCUT2D eigenvalue weighted by Crippen LogP contribution is 2.55. The number of nitrogens with zero attached hydrogens (tertiary/aromatic N) is 4. The Morgan fingerprint density at radius 1 is 0.250 bits per heavy atom. The van der Waals surface area contributed by atoms with Crippen LogP contribution in [-0.4, -0.2) is 13.7 Å². The molecule has 13 aromatic carbocycles. The Balaban J connectivity index is 0.913. The lowest BCUT2D eigenvalue weighted by Gasteiger charge is -2.42. The lowest BCUT2D eigenvalue weighted by Crippen LogP contribution is -2.30. The van der Waals surface area contributed by atoms with Gasteiger partial charge >= 0.3 is 0 Å². The molecule has 0 bridgehead atoms. The number of aryl methyl sites for hydroxylation is 1. The van der Waals surface area contributed by atoms with Gasteiger partial charge in [0.2, 0.25) is 0 Å². The van der Waals surface area contributed by atoms with Crippen LogP contribution in [-0.2, 0) is 5.41 Å². The van der Waals surface area contributed by atoms with Crippen molar-refractivity contribution in [2.75, 3.05) is 4.90 Å². The molecule has 376 valence electrons. The van der Waals surface area contributed by atoms with Crippen molar-refractivity contribution >= 4 is 115 Å². The van der Waals surface area contributed by atoms with Crippen LogP contribution in [0.3, 0.4) is 0 Å². The molecule has 0 fully saturated rings. The Morgan fingerprint density at radius 3 is 1.35 bits per heavy atom. The van der Waals surface area contributed by atoms with Crippen LogP contribution in [0.1, 0.15) is 30.5 Å². The molecule has 0 amide bonds. The first-order valence-electron chi connectivity index (χ1n) is 27.9. The second kappa shape index (κ2) is 16.7. The molecule has 3 aromatic heterocycles. The number of anilines is 3. The average Bonchev–Trinajstić information content (AvgIpc) is 4.23. The predicted molar refractivity (Wildman–Crippen MR) is 339 cm³/mol. The molecule has 0 saturated heterocycles. The van der Waals surface area contributed by atoms with Crippen molar-refractivity contribution in [3.8, 4) is 28.2 Å². The van der Waals surface area contributed by atoms with Crippen molar-refractivity contribution in [2.24, 2.45) is 0 Å². The molecule has 16 aromatic rings. The van der Waals surface area contributed by atoms with Crippen LogP contribution in [0.15, 0.2) is 261 Å². The summed E-state index contributed by atoms with van der Waals surface area (Å²) >= 11 is 0. The minimum atomic E-state index is -0.313. The van der Waals surface area contributed by atoms with Gasteiger partial charge in [-0.1, -0.05) is 165 Å². The largest absolute Gasteiger partial charge is 0.310 e. The Morgan fingerprint density at radius 2 is 0.700 bits per heavy atom. The standard InChI is InChI=1S/C76H52N4/c1-47-31-35-56-58(39-47)54-25-13-14-26-55(54)59-43-64-65-44-67-75(46-74(65)79(73(64)45-60(56)59)52-23-11-6-12-24-52)80(72-30-18-16-28-66(72)76(67,2)3)53-34-38-71-63(42-53)62-41-49(33-37-70(62)78(71)51-21-9-5-10-22-51)48-32-36-69-61(40-48)57-27-15-17-29-68(57)77(69)50-19-7-4-8-20-50/h4-46H,1-3H3. The summed E-state index contributed by atoms with van der Waals surface area (Å²) in [5.41, 5.74) is 20.0. The fourth-order valence-electron chi connectivity index (χ4n) is 14.1. The third kappa shape index (κ3) is 6.33. The van der Waals surface area contributed by atoms with Crippen molar-refractivity contribution in [1.29, 1.82) is 0 Å². The molecule has 4 heteroatoms. The van der Waals surface area contributed by atoms with Gasteiger partial charge < -0.3 is 18.6 Å². The second-order valence-corrected chi connectivity index (χ2v) is 22.6. The van der Waals surface area contributed by atoms with Gasteiger partial charge in [0.15, 0.2) is 0 Å². The molecule has 0 radical (unpaired) electrons. The number of fused-ring (bicyclic) bond motifs is 17. The van der Waals surface area contributed by atoms with Gasteiger partial charge in [0, 0.05) is 60.5 Å². The summed E-state index contributed by atoms with van der Waals surface area (Å²) in [5.74, 6) is 0. The van der Waals surface area contributed by atoms with Gasteiger partial charge in [0.25, 0.3) is 0 Å². The fourth-order valence-corrected chi connectivity index (χ4v) is 14.1. The molecule has 0 saturated carbocycles. The maximum atomic E-state index is 2.55. The smallest absolute Gasteiger partial charge is 0.0562 e. The van der Waals surface area contributed by atoms with E-state index < -0.39 is 0 Å². The SMILES string of the molecule is Cc1ccc2c(c1)c1ccccc1c1cc3c4cc5c(cc4n(-c4ccccc4)c3cc21)N(c1ccc2c(c1)c1cc(-c3ccc4c(c3)c3ccccc3n4-c3ccccc3)ccc1n2-c1ccccc1)c1ccccc1C5(C)C. The van der Waals surface area contributed by atoms with Crippen molar-refractivity contribution in [2.45, 2.75) is 26.2 Å². The lowest BCUT2D eigenvalue weighted by molar-refractivity contribution is 0.633. The molecule has 4 nitrogen and oxygen atoms in total. The van der Waals surface area contributed by atoms with Gasteiger partial charge in [-0.05, 0) is 177 Å². The van der Waals surface area contributed by atoms with Crippen LogP contribution in [0.4, 0.5) is 17.1 Å². The van der Waals surface area contributed by atoms with Gasteiger partial charge in [-0.2, -0.15) is 0 Å². The van der Waals surface area contributed by atoms with Crippen LogP contribution in [0.2, 0.25) is 0 Å². The first kappa shape index (κ1) is 44.9. The van der Waals surface area contributed by atoms with Crippen LogP contribution < -0.4 is 4.90 Å². The van der Waals surface area contributed by atoms with Gasteiger partial charge in [-0.25, -0.2) is 0 Å². The van der Waals surface area contributed by atoms with E-state index in [1.807, 2.05) is 0 Å². The Bertz CT molecular complexity index is 5270. The summed E-state index contributed by atoms with van der Waals surface area (Å²) in [7, 11) is 0. The van der Waals surface area contributed by atoms with Gasteiger partial charge in [-0.3, -0.25) is 0 Å². The third-order valence-electron chi connectivity index (χ3n) is 17.8. The average molecular weight is 1020 g/mol. The highest BCUT2D eigenvalue weighted by atomic mass is 15.2. The highest BCUT2D eigenvalue weighted by molar-refractivity contribution is 6.29. The van der Waals surface area contributed by atoms with E-state index in [1.165, 1.54) is 137 Å². The number of aromatic nitrogens is 3. The van der Waals surface area contributed by atoms with E-state index in [-0.39, 0.29) is 5.41 Å². The minimum absolute atomic E-state index is 0.313. The maximum Gasteiger partial charge on any atom is 0.0562 e. The molecule has 0 spiro atoms. The Hall–Kier alpha value is -10.2. The molecule has 0 atom stereocenters. The molecule has 80 heavy (non-hydrogen) atoms. The number of rotatable bonds is 5. The Kier molecular flexibility index (Phi) is 9.36. The van der Waals surface area contributed by atoms with E-state index >= 15 is 0 Å². The van der Waals surface area contributed by atoms with E-state index in [9.17, 15) is 0 Å². The molecule has 1 aliphatic rings. The molecule has 1 aliphatic heterocycles. The molecular weight excluding hydrogens is 969 g/mol. The third-order valence-corrected chi connectivity index (χ3v) is 17.8. The number of hydrogen-bond acceptors (Lipinski definition) is 1.